The molecule has 2 heterocycles. The molecular weight excluding hydrogens is 420 g/mol. The van der Waals surface area contributed by atoms with E-state index in [9.17, 15) is 18.4 Å². The van der Waals surface area contributed by atoms with E-state index in [1.807, 2.05) is 0 Å². The van der Waals surface area contributed by atoms with Gasteiger partial charge in [-0.15, -0.1) is 11.3 Å². The predicted molar refractivity (Wildman–Crippen MR) is 119 cm³/mol. The fourth-order valence-electron chi connectivity index (χ4n) is 4.17. The van der Waals surface area contributed by atoms with Crippen molar-refractivity contribution in [3.05, 3.63) is 56.5 Å². The Morgan fingerprint density at radius 1 is 1.26 bits per heavy atom. The van der Waals surface area contributed by atoms with Gasteiger partial charge in [-0.05, 0) is 48.3 Å². The van der Waals surface area contributed by atoms with E-state index in [-0.39, 0.29) is 29.5 Å². The van der Waals surface area contributed by atoms with Crippen molar-refractivity contribution in [2.75, 3.05) is 5.32 Å². The lowest BCUT2D eigenvalue weighted by Crippen LogP contribution is -2.26. The quantitative estimate of drug-likeness (QED) is 0.594. The van der Waals surface area contributed by atoms with Gasteiger partial charge in [-0.2, -0.15) is 0 Å². The number of benzene rings is 1. The number of aromatic nitrogens is 2. The zero-order chi connectivity index (χ0) is 22.3. The first-order valence-electron chi connectivity index (χ1n) is 10.4. The first-order valence-corrected chi connectivity index (χ1v) is 11.2. The molecule has 0 saturated heterocycles. The van der Waals surface area contributed by atoms with Gasteiger partial charge in [0.1, 0.15) is 22.3 Å². The molecule has 1 amide bonds. The SMILES string of the molecule is CC(C)(C)[C@@H]1CCc2c(sc3nc(CCC(=O)Nc4cc(F)cc(F)c4)[nH]c(=O)c23)C1. The summed E-state index contributed by atoms with van der Waals surface area (Å²) in [5.41, 5.74) is 1.22. The lowest BCUT2D eigenvalue weighted by atomic mass is 9.72. The van der Waals surface area contributed by atoms with Crippen LogP contribution >= 0.6 is 11.3 Å². The zero-order valence-electron chi connectivity index (χ0n) is 17.8. The van der Waals surface area contributed by atoms with Crippen LogP contribution in [0.2, 0.25) is 0 Å². The maximum atomic E-state index is 13.3. The average molecular weight is 446 g/mol. The molecular formula is C23H25F2N3O2S. The minimum Gasteiger partial charge on any atom is -0.326 e. The average Bonchev–Trinajstić information content (AvgIpc) is 3.03. The van der Waals surface area contributed by atoms with Gasteiger partial charge in [-0.1, -0.05) is 20.8 Å². The number of amides is 1. The molecule has 1 atom stereocenters. The Morgan fingerprint density at radius 3 is 2.65 bits per heavy atom. The maximum Gasteiger partial charge on any atom is 0.259 e. The van der Waals surface area contributed by atoms with Gasteiger partial charge in [0.25, 0.3) is 5.56 Å². The summed E-state index contributed by atoms with van der Waals surface area (Å²) in [5.74, 6) is -0.928. The van der Waals surface area contributed by atoms with E-state index in [0.29, 0.717) is 22.0 Å². The summed E-state index contributed by atoms with van der Waals surface area (Å²) in [6.07, 6.45) is 3.16. The second kappa shape index (κ2) is 8.15. The van der Waals surface area contributed by atoms with E-state index in [4.69, 9.17) is 0 Å². The highest BCUT2D eigenvalue weighted by atomic mass is 32.1. The Balaban J connectivity index is 1.49. The normalized spacial score (nSPS) is 16.4. The summed E-state index contributed by atoms with van der Waals surface area (Å²) in [6.45, 7) is 6.76. The van der Waals surface area contributed by atoms with Gasteiger partial charge in [0.2, 0.25) is 5.91 Å². The molecule has 4 rings (SSSR count). The molecule has 31 heavy (non-hydrogen) atoms. The van der Waals surface area contributed by atoms with Crippen molar-refractivity contribution in [3.8, 4) is 0 Å². The van der Waals surface area contributed by atoms with Gasteiger partial charge in [0.05, 0.1) is 5.39 Å². The molecule has 0 unspecified atom stereocenters. The van der Waals surface area contributed by atoms with Crippen LogP contribution in [-0.4, -0.2) is 15.9 Å². The van der Waals surface area contributed by atoms with Crippen molar-refractivity contribution in [3.63, 3.8) is 0 Å². The van der Waals surface area contributed by atoms with Crippen molar-refractivity contribution in [2.45, 2.75) is 52.9 Å². The first kappa shape index (κ1) is 21.6. The molecule has 1 aromatic carbocycles. The number of nitrogens with one attached hydrogen (secondary N) is 2. The largest absolute Gasteiger partial charge is 0.326 e. The molecule has 0 fully saturated rings. The van der Waals surface area contributed by atoms with E-state index < -0.39 is 17.5 Å². The molecule has 2 N–H and O–H groups in total. The number of rotatable bonds is 4. The van der Waals surface area contributed by atoms with E-state index >= 15 is 0 Å². The van der Waals surface area contributed by atoms with Crippen molar-refractivity contribution in [2.24, 2.45) is 11.3 Å². The Hall–Kier alpha value is -2.61. The number of fused-ring (bicyclic) bond motifs is 3. The summed E-state index contributed by atoms with van der Waals surface area (Å²) in [7, 11) is 0. The van der Waals surface area contributed by atoms with Crippen molar-refractivity contribution in [1.82, 2.24) is 9.97 Å². The molecule has 1 aliphatic rings. The summed E-state index contributed by atoms with van der Waals surface area (Å²) in [6, 6.07) is 2.84. The van der Waals surface area contributed by atoms with Crippen LogP contribution in [0.5, 0.6) is 0 Å². The summed E-state index contributed by atoms with van der Waals surface area (Å²) >= 11 is 1.57. The lowest BCUT2D eigenvalue weighted by molar-refractivity contribution is -0.116. The molecule has 0 spiro atoms. The number of H-pyrrole nitrogens is 1. The van der Waals surface area contributed by atoms with Gasteiger partial charge in [-0.3, -0.25) is 9.59 Å². The number of halogens is 2. The third-order valence-electron chi connectivity index (χ3n) is 5.93. The fourth-order valence-corrected chi connectivity index (χ4v) is 5.49. The van der Waals surface area contributed by atoms with Crippen LogP contribution in [0.3, 0.4) is 0 Å². The Labute approximate surface area is 182 Å². The molecule has 5 nitrogen and oxygen atoms in total. The standard InChI is InChI=1S/C23H25F2N3O2S/c1-23(2,3)12-4-5-16-17(8-12)31-22-20(16)21(30)27-18(28-22)6-7-19(29)26-15-10-13(24)9-14(25)11-15/h9-12H,4-8H2,1-3H3,(H,26,29)(H,27,28,30)/t12-/m1/s1. The molecule has 0 saturated carbocycles. The molecule has 164 valence electrons. The van der Waals surface area contributed by atoms with Gasteiger partial charge >= 0.3 is 0 Å². The van der Waals surface area contributed by atoms with Gasteiger partial charge in [0.15, 0.2) is 0 Å². The van der Waals surface area contributed by atoms with Crippen LogP contribution in [0, 0.1) is 23.0 Å². The third kappa shape index (κ3) is 4.69. The highest BCUT2D eigenvalue weighted by Crippen LogP contribution is 2.41. The fraction of sp³-hybridized carbons (Fsp3) is 0.435. The Kier molecular flexibility index (Phi) is 5.68. The number of nitrogens with zero attached hydrogens (tertiary/aromatic N) is 1. The topological polar surface area (TPSA) is 74.8 Å². The number of aromatic amines is 1. The molecule has 3 aromatic rings. The third-order valence-corrected chi connectivity index (χ3v) is 7.08. The van der Waals surface area contributed by atoms with Crippen LogP contribution in [0.4, 0.5) is 14.5 Å². The van der Waals surface area contributed by atoms with Crippen molar-refractivity contribution < 1.29 is 13.6 Å². The monoisotopic (exact) mass is 445 g/mol. The number of hydrogen-bond acceptors (Lipinski definition) is 4. The number of thiophene rings is 1. The molecule has 0 radical (unpaired) electrons. The van der Waals surface area contributed by atoms with Crippen LogP contribution in [0.25, 0.3) is 10.2 Å². The number of anilines is 1. The van der Waals surface area contributed by atoms with Crippen molar-refractivity contribution >= 4 is 33.1 Å². The molecule has 1 aliphatic carbocycles. The zero-order valence-corrected chi connectivity index (χ0v) is 18.6. The van der Waals surface area contributed by atoms with Gasteiger partial charge in [0, 0.05) is 29.5 Å². The van der Waals surface area contributed by atoms with E-state index in [2.05, 4.69) is 36.1 Å². The lowest BCUT2D eigenvalue weighted by Gasteiger charge is -2.33. The van der Waals surface area contributed by atoms with Crippen LogP contribution in [0.1, 0.15) is 49.9 Å². The highest BCUT2D eigenvalue weighted by molar-refractivity contribution is 7.18. The van der Waals surface area contributed by atoms with E-state index in [0.717, 1.165) is 43.0 Å². The molecule has 2 aromatic heterocycles. The highest BCUT2D eigenvalue weighted by Gasteiger charge is 2.31. The van der Waals surface area contributed by atoms with Crippen molar-refractivity contribution in [1.29, 1.82) is 0 Å². The summed E-state index contributed by atoms with van der Waals surface area (Å²) in [4.78, 5) is 34.3. The Morgan fingerprint density at radius 2 is 1.97 bits per heavy atom. The number of carbonyl (C=O) groups is 1. The smallest absolute Gasteiger partial charge is 0.259 e. The van der Waals surface area contributed by atoms with Gasteiger partial charge in [-0.25, -0.2) is 13.8 Å². The predicted octanol–water partition coefficient (Wildman–Crippen LogP) is 4.99. The molecule has 0 aliphatic heterocycles. The minimum absolute atomic E-state index is 0.0315. The second-order valence-electron chi connectivity index (χ2n) is 9.21. The summed E-state index contributed by atoms with van der Waals surface area (Å²) in [5, 5.41) is 3.14. The second-order valence-corrected chi connectivity index (χ2v) is 10.3. The number of aryl methyl sites for hydroxylation is 2. The van der Waals surface area contributed by atoms with E-state index in [1.54, 1.807) is 11.3 Å². The first-order chi connectivity index (χ1) is 14.6. The van der Waals surface area contributed by atoms with Crippen LogP contribution in [0.15, 0.2) is 23.0 Å². The summed E-state index contributed by atoms with van der Waals surface area (Å²) < 4.78 is 26.5. The molecule has 8 heteroatoms. The Bertz CT molecular complexity index is 1190. The van der Waals surface area contributed by atoms with E-state index in [1.165, 1.54) is 4.88 Å². The van der Waals surface area contributed by atoms with Crippen LogP contribution < -0.4 is 10.9 Å². The number of carbonyl (C=O) groups excluding carboxylic acids is 1. The maximum absolute atomic E-state index is 13.3. The molecule has 0 bridgehead atoms. The van der Waals surface area contributed by atoms with Crippen LogP contribution in [-0.2, 0) is 24.1 Å². The minimum atomic E-state index is -0.762. The number of hydrogen-bond donors (Lipinski definition) is 2. The van der Waals surface area contributed by atoms with Gasteiger partial charge < -0.3 is 10.3 Å².